The molecule has 93 valence electrons. The number of hydrogen-bond donors (Lipinski definition) is 0. The molecule has 2 aromatic carbocycles. The Bertz CT molecular complexity index is 576. The van der Waals surface area contributed by atoms with E-state index in [9.17, 15) is 4.79 Å². The number of amides is 1. The van der Waals surface area contributed by atoms with Crippen LogP contribution in [0.5, 0.6) is 0 Å². The predicted molar refractivity (Wildman–Crippen MR) is 76.6 cm³/mol. The van der Waals surface area contributed by atoms with Crippen LogP contribution in [0.4, 0.5) is 0 Å². The van der Waals surface area contributed by atoms with Gasteiger partial charge in [-0.15, -0.1) is 0 Å². The second-order valence-corrected chi connectivity index (χ2v) is 5.06. The minimum atomic E-state index is 0.102. The van der Waals surface area contributed by atoms with Gasteiger partial charge in [0.15, 0.2) is 0 Å². The molecule has 0 aliphatic heterocycles. The zero-order valence-electron chi connectivity index (χ0n) is 10.6. The summed E-state index contributed by atoms with van der Waals surface area (Å²) in [6.07, 6.45) is 0. The van der Waals surface area contributed by atoms with Gasteiger partial charge in [-0.25, -0.2) is 0 Å². The molecule has 0 N–H and O–H groups in total. The van der Waals surface area contributed by atoms with E-state index in [1.165, 1.54) is 0 Å². The van der Waals surface area contributed by atoms with Crippen LogP contribution in [0.15, 0.2) is 36.4 Å². The Hall–Kier alpha value is -1.31. The molecule has 0 bridgehead atoms. The van der Waals surface area contributed by atoms with Crippen LogP contribution in [0, 0.1) is 0 Å². The number of fused-ring (bicyclic) bond motifs is 1. The number of rotatable bonds is 3. The third-order valence-corrected chi connectivity index (χ3v) is 3.87. The summed E-state index contributed by atoms with van der Waals surface area (Å²) in [5.41, 5.74) is 0.789. The van der Waals surface area contributed by atoms with Crippen molar-refractivity contribution in [2.24, 2.45) is 0 Å². The molecule has 3 heteroatoms. The van der Waals surface area contributed by atoms with Crippen molar-refractivity contribution in [3.8, 4) is 0 Å². The van der Waals surface area contributed by atoms with Gasteiger partial charge in [0.2, 0.25) is 0 Å². The van der Waals surface area contributed by atoms with E-state index in [1.54, 1.807) is 0 Å². The zero-order chi connectivity index (χ0) is 13.1. The molecule has 2 aromatic rings. The normalized spacial score (nSPS) is 10.6. The van der Waals surface area contributed by atoms with Crippen LogP contribution in [0.25, 0.3) is 10.8 Å². The van der Waals surface area contributed by atoms with Crippen molar-refractivity contribution in [3.05, 3.63) is 42.0 Å². The molecule has 0 aromatic heterocycles. The van der Waals surface area contributed by atoms with Gasteiger partial charge in [-0.3, -0.25) is 0 Å². The van der Waals surface area contributed by atoms with E-state index in [0.29, 0.717) is 0 Å². The summed E-state index contributed by atoms with van der Waals surface area (Å²) in [5.74, 6) is 0.102. The van der Waals surface area contributed by atoms with E-state index in [-0.39, 0.29) is 5.91 Å². The summed E-state index contributed by atoms with van der Waals surface area (Å²) >= 11 is 3.00. The number of carbonyl (C=O) groups is 1. The fourth-order valence-corrected chi connectivity index (χ4v) is 2.70. The third kappa shape index (κ3) is 2.29. The van der Waals surface area contributed by atoms with Gasteiger partial charge < -0.3 is 0 Å². The van der Waals surface area contributed by atoms with Gasteiger partial charge >= 0.3 is 116 Å². The van der Waals surface area contributed by atoms with Gasteiger partial charge in [-0.05, 0) is 0 Å². The first-order valence-corrected chi connectivity index (χ1v) is 7.02. The SMILES string of the molecule is CCN(CC)C(=O)c1c([Se])ccc2ccccc12. The van der Waals surface area contributed by atoms with Gasteiger partial charge in [0.1, 0.15) is 0 Å². The summed E-state index contributed by atoms with van der Waals surface area (Å²) < 4.78 is 0.922. The van der Waals surface area contributed by atoms with Gasteiger partial charge in [-0.2, -0.15) is 0 Å². The van der Waals surface area contributed by atoms with Crippen molar-refractivity contribution < 1.29 is 4.79 Å². The fraction of sp³-hybridized carbons (Fsp3) is 0.267. The van der Waals surface area contributed by atoms with Crippen LogP contribution in [-0.2, 0) is 0 Å². The van der Waals surface area contributed by atoms with Crippen LogP contribution < -0.4 is 4.46 Å². The maximum absolute atomic E-state index is 12.5. The average molecular weight is 305 g/mol. The first-order valence-electron chi connectivity index (χ1n) is 6.17. The van der Waals surface area contributed by atoms with Crippen LogP contribution >= 0.6 is 0 Å². The van der Waals surface area contributed by atoms with Crippen LogP contribution in [0.1, 0.15) is 24.2 Å². The fourth-order valence-electron chi connectivity index (χ4n) is 2.14. The number of benzene rings is 2. The summed E-state index contributed by atoms with van der Waals surface area (Å²) in [6.45, 7) is 5.48. The average Bonchev–Trinajstić information content (AvgIpc) is 2.39. The summed E-state index contributed by atoms with van der Waals surface area (Å²) in [5, 5.41) is 2.12. The molecule has 0 atom stereocenters. The Morgan fingerprint density at radius 1 is 1.11 bits per heavy atom. The zero-order valence-corrected chi connectivity index (χ0v) is 12.4. The van der Waals surface area contributed by atoms with Crippen molar-refractivity contribution in [2.75, 3.05) is 13.1 Å². The Morgan fingerprint density at radius 3 is 2.44 bits per heavy atom. The van der Waals surface area contributed by atoms with Crippen molar-refractivity contribution in [1.82, 2.24) is 4.90 Å². The second-order valence-electron chi connectivity index (χ2n) is 4.14. The maximum atomic E-state index is 12.5. The topological polar surface area (TPSA) is 20.3 Å². The van der Waals surface area contributed by atoms with E-state index in [4.69, 9.17) is 0 Å². The molecule has 0 fully saturated rings. The standard InChI is InChI=1S/C15H16NOSe/c1-3-16(4-2)15(17)14-12-8-6-5-7-11(12)9-10-13(14)18/h5-10H,3-4H2,1-2H3. The van der Waals surface area contributed by atoms with Gasteiger partial charge in [0.25, 0.3) is 0 Å². The molecule has 0 heterocycles. The predicted octanol–water partition coefficient (Wildman–Crippen LogP) is 2.12. The molecule has 2 nitrogen and oxygen atoms in total. The van der Waals surface area contributed by atoms with E-state index < -0.39 is 0 Å². The molecule has 0 unspecified atom stereocenters. The monoisotopic (exact) mass is 306 g/mol. The molecule has 0 aliphatic carbocycles. The van der Waals surface area contributed by atoms with Crippen LogP contribution in [0.2, 0.25) is 0 Å². The first-order chi connectivity index (χ1) is 8.69. The Morgan fingerprint density at radius 2 is 1.78 bits per heavy atom. The van der Waals surface area contributed by atoms with Crippen LogP contribution in [-0.4, -0.2) is 39.9 Å². The van der Waals surface area contributed by atoms with Gasteiger partial charge in [-0.1, -0.05) is 0 Å². The molecule has 0 saturated heterocycles. The third-order valence-electron chi connectivity index (χ3n) is 3.16. The molecule has 0 aliphatic rings. The molecule has 0 saturated carbocycles. The van der Waals surface area contributed by atoms with Crippen molar-refractivity contribution in [1.29, 1.82) is 0 Å². The summed E-state index contributed by atoms with van der Waals surface area (Å²) in [6, 6.07) is 12.0. The quantitative estimate of drug-likeness (QED) is 0.796. The Kier molecular flexibility index (Phi) is 4.05. The molecule has 1 amide bonds. The van der Waals surface area contributed by atoms with E-state index >= 15 is 0 Å². The number of hydrogen-bond acceptors (Lipinski definition) is 1. The first kappa shape index (κ1) is 13.1. The number of nitrogens with zero attached hydrogens (tertiary/aromatic N) is 1. The van der Waals surface area contributed by atoms with Crippen LogP contribution in [0.3, 0.4) is 0 Å². The van der Waals surface area contributed by atoms with Gasteiger partial charge in [0.05, 0.1) is 0 Å². The summed E-state index contributed by atoms with van der Waals surface area (Å²) in [7, 11) is 0. The summed E-state index contributed by atoms with van der Waals surface area (Å²) in [4.78, 5) is 14.4. The molecular formula is C15H16NOSe. The van der Waals surface area contributed by atoms with Crippen molar-refractivity contribution >= 4 is 37.2 Å². The minimum absolute atomic E-state index is 0.102. The Balaban J connectivity index is 2.62. The number of carbonyl (C=O) groups excluding carboxylic acids is 1. The van der Waals surface area contributed by atoms with E-state index in [1.807, 2.05) is 55.1 Å². The molecule has 2 rings (SSSR count). The molecule has 0 spiro atoms. The second kappa shape index (κ2) is 5.55. The van der Waals surface area contributed by atoms with Crippen molar-refractivity contribution in [2.45, 2.75) is 13.8 Å². The van der Waals surface area contributed by atoms with Gasteiger partial charge in [0, 0.05) is 0 Å². The van der Waals surface area contributed by atoms with E-state index in [2.05, 4.69) is 16.0 Å². The van der Waals surface area contributed by atoms with E-state index in [0.717, 1.165) is 33.9 Å². The Labute approximate surface area is 116 Å². The van der Waals surface area contributed by atoms with Crippen molar-refractivity contribution in [3.63, 3.8) is 0 Å². The molecule has 1 radical (unpaired) electrons. The molecule has 18 heavy (non-hydrogen) atoms. The molecular weight excluding hydrogens is 289 g/mol.